The van der Waals surface area contributed by atoms with Crippen LogP contribution in [0.25, 0.3) is 6.08 Å². The molecule has 214 valence electrons. The Hall–Kier alpha value is -5.03. The number of non-ortho nitro benzene ring substituents is 1. The Morgan fingerprint density at radius 1 is 1.10 bits per heavy atom. The largest absolute Gasteiger partial charge is 0.497 e. The summed E-state index contributed by atoms with van der Waals surface area (Å²) in [4.78, 5) is 42.4. The Morgan fingerprint density at radius 2 is 1.83 bits per heavy atom. The highest BCUT2D eigenvalue weighted by Gasteiger charge is 2.33. The molecule has 2 heterocycles. The molecule has 0 radical (unpaired) electrons. The average Bonchev–Trinajstić information content (AvgIpc) is 3.29. The van der Waals surface area contributed by atoms with E-state index in [2.05, 4.69) is 4.99 Å². The molecule has 11 heteroatoms. The van der Waals surface area contributed by atoms with Crippen LogP contribution in [0.3, 0.4) is 0 Å². The van der Waals surface area contributed by atoms with Crippen LogP contribution in [0.4, 0.5) is 5.69 Å². The highest BCUT2D eigenvalue weighted by Crippen LogP contribution is 2.31. The minimum Gasteiger partial charge on any atom is -0.497 e. The second kappa shape index (κ2) is 12.2. The molecule has 0 saturated heterocycles. The fourth-order valence-electron chi connectivity index (χ4n) is 4.62. The lowest BCUT2D eigenvalue weighted by Crippen LogP contribution is -2.39. The number of benzene rings is 3. The number of aromatic nitrogens is 1. The molecule has 1 unspecified atom stereocenters. The van der Waals surface area contributed by atoms with Gasteiger partial charge in [0.1, 0.15) is 18.1 Å². The van der Waals surface area contributed by atoms with Crippen LogP contribution < -0.4 is 24.4 Å². The molecule has 10 nitrogen and oxygen atoms in total. The first kappa shape index (κ1) is 28.5. The van der Waals surface area contributed by atoms with Gasteiger partial charge in [-0.2, -0.15) is 0 Å². The fourth-order valence-corrected chi connectivity index (χ4v) is 5.67. The first-order valence-electron chi connectivity index (χ1n) is 13.1. The van der Waals surface area contributed by atoms with E-state index in [0.717, 1.165) is 16.7 Å². The van der Waals surface area contributed by atoms with Gasteiger partial charge in [-0.05, 0) is 73.0 Å². The van der Waals surface area contributed by atoms with Crippen molar-refractivity contribution in [2.75, 3.05) is 13.7 Å². The summed E-state index contributed by atoms with van der Waals surface area (Å²) in [5.41, 5.74) is 2.77. The van der Waals surface area contributed by atoms with Crippen molar-refractivity contribution in [1.82, 2.24) is 4.57 Å². The zero-order valence-electron chi connectivity index (χ0n) is 23.1. The van der Waals surface area contributed by atoms with Crippen LogP contribution in [0.5, 0.6) is 11.5 Å². The van der Waals surface area contributed by atoms with E-state index in [0.29, 0.717) is 32.1 Å². The summed E-state index contributed by atoms with van der Waals surface area (Å²) in [6.07, 6.45) is 1.76. The summed E-state index contributed by atoms with van der Waals surface area (Å²) in [5, 5.41) is 10.9. The minimum absolute atomic E-state index is 0.0148. The minimum atomic E-state index is -0.718. The van der Waals surface area contributed by atoms with Gasteiger partial charge in [0.2, 0.25) is 0 Å². The van der Waals surface area contributed by atoms with Gasteiger partial charge in [0.15, 0.2) is 4.80 Å². The molecule has 1 aromatic heterocycles. The van der Waals surface area contributed by atoms with Gasteiger partial charge < -0.3 is 14.2 Å². The quantitative estimate of drug-likeness (QED) is 0.163. The number of nitro benzene ring substituents is 1. The number of hydrogen-bond donors (Lipinski definition) is 0. The molecule has 1 atom stereocenters. The maximum Gasteiger partial charge on any atom is 0.338 e. The summed E-state index contributed by atoms with van der Waals surface area (Å²) >= 11 is 1.23. The molecule has 0 fully saturated rings. The van der Waals surface area contributed by atoms with Crippen molar-refractivity contribution in [1.29, 1.82) is 0 Å². The second-order valence-corrected chi connectivity index (χ2v) is 10.4. The number of carbonyl (C=O) groups excluding carboxylic acids is 1. The molecule has 0 saturated carbocycles. The maximum absolute atomic E-state index is 13.8. The van der Waals surface area contributed by atoms with Crippen LogP contribution in [-0.2, 0) is 16.1 Å². The summed E-state index contributed by atoms with van der Waals surface area (Å²) in [6.45, 7) is 3.89. The number of rotatable bonds is 9. The van der Waals surface area contributed by atoms with Gasteiger partial charge in [-0.15, -0.1) is 0 Å². The molecule has 42 heavy (non-hydrogen) atoms. The lowest BCUT2D eigenvalue weighted by Gasteiger charge is -2.24. The van der Waals surface area contributed by atoms with Gasteiger partial charge in [0.25, 0.3) is 11.2 Å². The van der Waals surface area contributed by atoms with E-state index in [1.807, 2.05) is 24.3 Å². The molecular formula is C31H27N3O7S. The Balaban J connectivity index is 1.50. The normalized spacial score (nSPS) is 14.6. The predicted molar refractivity (Wildman–Crippen MR) is 157 cm³/mol. The van der Waals surface area contributed by atoms with Gasteiger partial charge in [0, 0.05) is 12.1 Å². The van der Waals surface area contributed by atoms with Crippen LogP contribution in [0.15, 0.2) is 93.9 Å². The van der Waals surface area contributed by atoms with Crippen LogP contribution in [0.2, 0.25) is 0 Å². The number of methoxy groups -OCH3 is 1. The monoisotopic (exact) mass is 585 g/mol. The molecule has 0 bridgehead atoms. The highest BCUT2D eigenvalue weighted by molar-refractivity contribution is 7.07. The van der Waals surface area contributed by atoms with Gasteiger partial charge in [0.05, 0.1) is 40.5 Å². The number of allylic oxidation sites excluding steroid dienone is 1. The van der Waals surface area contributed by atoms with Crippen LogP contribution >= 0.6 is 11.3 Å². The SMILES string of the molecule is CCOC(=O)C1=C(C)N=c2sc(=Cc3cccc(OCc4ccc([N+](=O)[O-])cc4)c3)c(=O)n2C1c1ccc(OC)cc1. The van der Waals surface area contributed by atoms with E-state index in [-0.39, 0.29) is 24.5 Å². The molecule has 0 N–H and O–H groups in total. The molecule has 4 aromatic rings. The lowest BCUT2D eigenvalue weighted by molar-refractivity contribution is -0.384. The Kier molecular flexibility index (Phi) is 8.30. The zero-order chi connectivity index (χ0) is 29.8. The molecule has 0 aliphatic carbocycles. The number of fused-ring (bicyclic) bond motifs is 1. The third-order valence-electron chi connectivity index (χ3n) is 6.66. The highest BCUT2D eigenvalue weighted by atomic mass is 32.1. The van der Waals surface area contributed by atoms with E-state index in [1.165, 1.54) is 28.0 Å². The number of carbonyl (C=O) groups is 1. The standard InChI is InChI=1S/C31H27N3O7S/c1-4-40-30(36)27-19(2)32-31-33(28(27)22-10-14-24(39-3)15-11-22)29(35)26(42-31)17-21-6-5-7-25(16-21)41-18-20-8-12-23(13-9-20)34(37)38/h5-17,28H,4,18H2,1-3H3. The summed E-state index contributed by atoms with van der Waals surface area (Å²) < 4.78 is 18.5. The van der Waals surface area contributed by atoms with E-state index < -0.39 is 16.9 Å². The van der Waals surface area contributed by atoms with Crippen LogP contribution in [0, 0.1) is 10.1 Å². The Bertz CT molecular complexity index is 1860. The zero-order valence-corrected chi connectivity index (χ0v) is 23.9. The topological polar surface area (TPSA) is 122 Å². The molecule has 0 spiro atoms. The van der Waals surface area contributed by atoms with E-state index in [1.54, 1.807) is 63.4 Å². The van der Waals surface area contributed by atoms with Crippen LogP contribution in [-0.4, -0.2) is 29.2 Å². The summed E-state index contributed by atoms with van der Waals surface area (Å²) in [6, 6.07) is 19.9. The maximum atomic E-state index is 13.8. The molecule has 1 aliphatic rings. The van der Waals surface area contributed by atoms with Crippen molar-refractivity contribution in [2.45, 2.75) is 26.5 Å². The number of esters is 1. The van der Waals surface area contributed by atoms with Gasteiger partial charge >= 0.3 is 5.97 Å². The number of hydrogen-bond acceptors (Lipinski definition) is 9. The fraction of sp³-hybridized carbons (Fsp3) is 0.194. The number of thiazole rings is 1. The van der Waals surface area contributed by atoms with E-state index in [4.69, 9.17) is 14.2 Å². The smallest absolute Gasteiger partial charge is 0.338 e. The van der Waals surface area contributed by atoms with Crippen molar-refractivity contribution < 1.29 is 23.9 Å². The van der Waals surface area contributed by atoms with Gasteiger partial charge in [-0.1, -0.05) is 35.6 Å². The lowest BCUT2D eigenvalue weighted by atomic mass is 9.96. The summed E-state index contributed by atoms with van der Waals surface area (Å²) in [7, 11) is 1.57. The Labute approximate surface area is 244 Å². The molecule has 3 aromatic carbocycles. The Morgan fingerprint density at radius 3 is 2.50 bits per heavy atom. The molecule has 0 amide bonds. The van der Waals surface area contributed by atoms with Crippen molar-refractivity contribution in [3.05, 3.63) is 131 Å². The molecular weight excluding hydrogens is 558 g/mol. The third-order valence-corrected chi connectivity index (χ3v) is 7.64. The first-order valence-corrected chi connectivity index (χ1v) is 13.9. The molecule has 5 rings (SSSR count). The predicted octanol–water partition coefficient (Wildman–Crippen LogP) is 4.29. The third kappa shape index (κ3) is 5.86. The van der Waals surface area contributed by atoms with Gasteiger partial charge in [-0.25, -0.2) is 9.79 Å². The van der Waals surface area contributed by atoms with E-state index in [9.17, 15) is 19.7 Å². The van der Waals surface area contributed by atoms with E-state index >= 15 is 0 Å². The van der Waals surface area contributed by atoms with Crippen molar-refractivity contribution in [3.63, 3.8) is 0 Å². The number of nitro groups is 1. The average molecular weight is 586 g/mol. The van der Waals surface area contributed by atoms with Crippen LogP contribution in [0.1, 0.15) is 36.6 Å². The van der Waals surface area contributed by atoms with Crippen molar-refractivity contribution in [2.24, 2.45) is 4.99 Å². The van der Waals surface area contributed by atoms with Crippen molar-refractivity contribution >= 4 is 29.1 Å². The summed E-state index contributed by atoms with van der Waals surface area (Å²) in [5.74, 6) is 0.707. The second-order valence-electron chi connectivity index (χ2n) is 9.36. The van der Waals surface area contributed by atoms with Crippen molar-refractivity contribution in [3.8, 4) is 11.5 Å². The number of nitrogens with zero attached hydrogens (tertiary/aromatic N) is 3. The molecule has 1 aliphatic heterocycles. The first-order chi connectivity index (χ1) is 20.3. The van der Waals surface area contributed by atoms with Gasteiger partial charge in [-0.3, -0.25) is 19.5 Å². The number of ether oxygens (including phenoxy) is 3.